The molecule has 2 aliphatic rings. The van der Waals surface area contributed by atoms with Crippen LogP contribution in [0.25, 0.3) is 0 Å². The number of methoxy groups -OCH3 is 1. The van der Waals surface area contributed by atoms with Gasteiger partial charge in [-0.2, -0.15) is 0 Å². The quantitative estimate of drug-likeness (QED) is 0.871. The Bertz CT molecular complexity index is 893. The molecule has 0 bridgehead atoms. The molecule has 8 heteroatoms. The Morgan fingerprint density at radius 2 is 2.07 bits per heavy atom. The van der Waals surface area contributed by atoms with Crippen LogP contribution < -0.4 is 10.1 Å². The summed E-state index contributed by atoms with van der Waals surface area (Å²) in [5.74, 6) is 1.04. The van der Waals surface area contributed by atoms with Gasteiger partial charge in [-0.05, 0) is 23.8 Å². The Kier molecular flexibility index (Phi) is 4.72. The molecule has 0 unspecified atom stereocenters. The normalized spacial score (nSPS) is 16.2. The van der Waals surface area contributed by atoms with Crippen molar-refractivity contribution in [2.24, 2.45) is 0 Å². The van der Waals surface area contributed by atoms with Crippen molar-refractivity contribution in [2.75, 3.05) is 38.7 Å². The molecule has 2 aromatic rings. The van der Waals surface area contributed by atoms with E-state index in [1.165, 1.54) is 0 Å². The van der Waals surface area contributed by atoms with Crippen molar-refractivity contribution >= 4 is 23.3 Å². The molecule has 140 valence electrons. The highest BCUT2D eigenvalue weighted by Crippen LogP contribution is 2.29. The van der Waals surface area contributed by atoms with Crippen LogP contribution in [-0.4, -0.2) is 60.0 Å². The zero-order valence-electron chi connectivity index (χ0n) is 15.0. The van der Waals surface area contributed by atoms with Crippen LogP contribution in [0.1, 0.15) is 21.6 Å². The van der Waals surface area contributed by atoms with Gasteiger partial charge in [-0.15, -0.1) is 0 Å². The molecular weight excluding hydrogens is 348 g/mol. The number of rotatable bonds is 4. The van der Waals surface area contributed by atoms with Crippen molar-refractivity contribution in [3.8, 4) is 5.75 Å². The first-order valence-corrected chi connectivity index (χ1v) is 8.82. The second-order valence-corrected chi connectivity index (χ2v) is 6.50. The number of carbonyl (C=O) groups is 2. The van der Waals surface area contributed by atoms with Crippen molar-refractivity contribution in [3.05, 3.63) is 41.2 Å². The fourth-order valence-corrected chi connectivity index (χ4v) is 3.27. The van der Waals surface area contributed by atoms with Gasteiger partial charge in [0.25, 0.3) is 5.91 Å². The van der Waals surface area contributed by atoms with Crippen LogP contribution in [-0.2, 0) is 22.4 Å². The van der Waals surface area contributed by atoms with Gasteiger partial charge in [0.15, 0.2) is 0 Å². The van der Waals surface area contributed by atoms with Crippen molar-refractivity contribution in [1.82, 2.24) is 14.9 Å². The number of aromatic nitrogens is 2. The van der Waals surface area contributed by atoms with E-state index in [9.17, 15) is 9.59 Å². The van der Waals surface area contributed by atoms with E-state index in [0.29, 0.717) is 62.1 Å². The fourth-order valence-electron chi connectivity index (χ4n) is 3.27. The molecule has 1 amide bonds. The smallest absolute Gasteiger partial charge is 0.254 e. The number of Topliss-reactive ketones (excluding diaryl/α,β-unsaturated/α-hetero) is 1. The van der Waals surface area contributed by atoms with E-state index in [1.807, 2.05) is 0 Å². The topological polar surface area (TPSA) is 93.7 Å². The Morgan fingerprint density at radius 1 is 1.26 bits per heavy atom. The summed E-state index contributed by atoms with van der Waals surface area (Å²) in [7, 11) is 1.56. The summed E-state index contributed by atoms with van der Waals surface area (Å²) < 4.78 is 10.7. The van der Waals surface area contributed by atoms with Crippen LogP contribution in [0.3, 0.4) is 0 Å². The number of benzene rings is 1. The van der Waals surface area contributed by atoms with Gasteiger partial charge < -0.3 is 19.7 Å². The van der Waals surface area contributed by atoms with Crippen LogP contribution in [0.5, 0.6) is 5.75 Å². The van der Waals surface area contributed by atoms with Gasteiger partial charge in [0.2, 0.25) is 5.95 Å². The standard InChI is InChI=1S/C19H20N4O4/c1-26-17-3-2-12(18(25)23-4-6-27-7-5-23)9-16(17)22-19-20-11-13-8-14(24)10-15(13)21-19/h2-3,9,11H,4-8,10H2,1H3,(H,20,21,22). The Hall–Kier alpha value is -3.00. The number of morpholine rings is 1. The van der Waals surface area contributed by atoms with Gasteiger partial charge >= 0.3 is 0 Å². The zero-order chi connectivity index (χ0) is 18.8. The van der Waals surface area contributed by atoms with Crippen molar-refractivity contribution in [2.45, 2.75) is 12.8 Å². The van der Waals surface area contributed by atoms with Gasteiger partial charge in [-0.1, -0.05) is 0 Å². The lowest BCUT2D eigenvalue weighted by Crippen LogP contribution is -2.40. The summed E-state index contributed by atoms with van der Waals surface area (Å²) in [4.78, 5) is 34.8. The summed E-state index contributed by atoms with van der Waals surface area (Å²) in [6, 6.07) is 5.22. The summed E-state index contributed by atoms with van der Waals surface area (Å²) >= 11 is 0. The molecular formula is C19H20N4O4. The summed E-state index contributed by atoms with van der Waals surface area (Å²) in [6.45, 7) is 2.26. The molecule has 1 fully saturated rings. The number of carbonyl (C=O) groups excluding carboxylic acids is 2. The van der Waals surface area contributed by atoms with Crippen LogP contribution in [0.2, 0.25) is 0 Å². The number of fused-ring (bicyclic) bond motifs is 1. The minimum absolute atomic E-state index is 0.0514. The van der Waals surface area contributed by atoms with Gasteiger partial charge in [0.05, 0.1) is 31.7 Å². The minimum Gasteiger partial charge on any atom is -0.495 e. The largest absolute Gasteiger partial charge is 0.495 e. The maximum Gasteiger partial charge on any atom is 0.254 e. The predicted octanol–water partition coefficient (Wildman–Crippen LogP) is 1.37. The molecule has 1 aliphatic heterocycles. The molecule has 2 heterocycles. The molecule has 0 radical (unpaired) electrons. The van der Waals surface area contributed by atoms with Crippen molar-refractivity contribution in [1.29, 1.82) is 0 Å². The summed E-state index contributed by atoms with van der Waals surface area (Å²) in [5.41, 5.74) is 2.77. The summed E-state index contributed by atoms with van der Waals surface area (Å²) in [5, 5.41) is 3.11. The minimum atomic E-state index is -0.0514. The molecule has 1 aromatic carbocycles. The number of ketones is 1. The first kappa shape index (κ1) is 17.4. The molecule has 1 aliphatic carbocycles. The van der Waals surface area contributed by atoms with E-state index in [-0.39, 0.29) is 11.7 Å². The van der Waals surface area contributed by atoms with Gasteiger partial charge in [0.1, 0.15) is 11.5 Å². The first-order valence-electron chi connectivity index (χ1n) is 8.82. The average Bonchev–Trinajstić information content (AvgIpc) is 3.07. The number of nitrogens with zero attached hydrogens (tertiary/aromatic N) is 3. The average molecular weight is 368 g/mol. The first-order chi connectivity index (χ1) is 13.1. The van der Waals surface area contributed by atoms with E-state index in [0.717, 1.165) is 11.3 Å². The van der Waals surface area contributed by atoms with Gasteiger partial charge in [-0.25, -0.2) is 9.97 Å². The molecule has 0 spiro atoms. The maximum absolute atomic E-state index is 12.7. The number of nitrogens with one attached hydrogen (secondary N) is 1. The van der Waals surface area contributed by atoms with E-state index in [2.05, 4.69) is 15.3 Å². The van der Waals surface area contributed by atoms with E-state index >= 15 is 0 Å². The Balaban J connectivity index is 1.59. The maximum atomic E-state index is 12.7. The second kappa shape index (κ2) is 7.32. The third kappa shape index (κ3) is 3.61. The molecule has 1 saturated heterocycles. The third-order valence-corrected chi connectivity index (χ3v) is 4.70. The number of hydrogen-bond acceptors (Lipinski definition) is 7. The molecule has 0 saturated carbocycles. The molecule has 1 N–H and O–H groups in total. The summed E-state index contributed by atoms with van der Waals surface area (Å²) in [6.07, 6.45) is 2.40. The zero-order valence-corrected chi connectivity index (χ0v) is 15.0. The van der Waals surface area contributed by atoms with E-state index in [4.69, 9.17) is 9.47 Å². The molecule has 4 rings (SSSR count). The van der Waals surface area contributed by atoms with E-state index in [1.54, 1.807) is 36.4 Å². The lowest BCUT2D eigenvalue weighted by molar-refractivity contribution is -0.117. The van der Waals surface area contributed by atoms with Crippen LogP contribution >= 0.6 is 0 Å². The molecule has 27 heavy (non-hydrogen) atoms. The second-order valence-electron chi connectivity index (χ2n) is 6.50. The number of hydrogen-bond donors (Lipinski definition) is 1. The molecule has 1 aromatic heterocycles. The highest BCUT2D eigenvalue weighted by atomic mass is 16.5. The molecule has 8 nitrogen and oxygen atoms in total. The fraction of sp³-hybridized carbons (Fsp3) is 0.368. The lowest BCUT2D eigenvalue weighted by atomic mass is 10.1. The highest BCUT2D eigenvalue weighted by Gasteiger charge is 2.22. The molecule has 0 atom stereocenters. The number of amides is 1. The van der Waals surface area contributed by atoms with E-state index < -0.39 is 0 Å². The highest BCUT2D eigenvalue weighted by molar-refractivity contribution is 5.96. The number of ether oxygens (including phenoxy) is 2. The van der Waals surface area contributed by atoms with Crippen LogP contribution in [0, 0.1) is 0 Å². The van der Waals surface area contributed by atoms with Gasteiger partial charge in [0, 0.05) is 37.7 Å². The Labute approximate surface area is 156 Å². The van der Waals surface area contributed by atoms with Crippen LogP contribution in [0.15, 0.2) is 24.4 Å². The van der Waals surface area contributed by atoms with Crippen LogP contribution in [0.4, 0.5) is 11.6 Å². The van der Waals surface area contributed by atoms with Crippen molar-refractivity contribution < 1.29 is 19.1 Å². The number of anilines is 2. The monoisotopic (exact) mass is 368 g/mol. The lowest BCUT2D eigenvalue weighted by Gasteiger charge is -2.27. The third-order valence-electron chi connectivity index (χ3n) is 4.70. The van der Waals surface area contributed by atoms with Gasteiger partial charge in [-0.3, -0.25) is 9.59 Å². The van der Waals surface area contributed by atoms with Crippen molar-refractivity contribution in [3.63, 3.8) is 0 Å². The Morgan fingerprint density at radius 3 is 2.85 bits per heavy atom. The SMILES string of the molecule is COc1ccc(C(=O)N2CCOCC2)cc1Nc1ncc2c(n1)CC(=O)C2. The predicted molar refractivity (Wildman–Crippen MR) is 97.4 cm³/mol.